The molecule has 3 N–H and O–H groups in total. The van der Waals surface area contributed by atoms with Crippen LogP contribution in [0.3, 0.4) is 0 Å². The Hall–Kier alpha value is -3.08. The largest absolute Gasteiger partial charge is 0.333 e. The van der Waals surface area contributed by atoms with Crippen molar-refractivity contribution in [1.29, 1.82) is 0 Å². The summed E-state index contributed by atoms with van der Waals surface area (Å²) in [5.41, 5.74) is 5.36. The molecule has 3 aromatic rings. The number of nitrogens with one attached hydrogen (secondary N) is 3. The van der Waals surface area contributed by atoms with Crippen LogP contribution in [0.5, 0.6) is 0 Å². The molecule has 3 rings (SSSR count). The van der Waals surface area contributed by atoms with Crippen molar-refractivity contribution in [1.82, 2.24) is 30.5 Å². The summed E-state index contributed by atoms with van der Waals surface area (Å²) >= 11 is 3.02. The van der Waals surface area contributed by atoms with Gasteiger partial charge in [0.15, 0.2) is 11.6 Å². The first kappa shape index (κ1) is 17.7. The number of anilines is 1. The molecule has 2 heterocycles. The van der Waals surface area contributed by atoms with Crippen molar-refractivity contribution < 1.29 is 13.6 Å². The number of benzene rings is 1. The summed E-state index contributed by atoms with van der Waals surface area (Å²) in [6.07, 6.45) is 4.47. The molecule has 0 radical (unpaired) electrons. The van der Waals surface area contributed by atoms with Gasteiger partial charge in [0.2, 0.25) is 0 Å². The summed E-state index contributed by atoms with van der Waals surface area (Å²) in [7, 11) is 0. The second-order valence-electron chi connectivity index (χ2n) is 5.04. The predicted molar refractivity (Wildman–Crippen MR) is 92.2 cm³/mol. The highest BCUT2D eigenvalue weighted by Gasteiger charge is 2.10. The van der Waals surface area contributed by atoms with Gasteiger partial charge in [-0.15, -0.1) is 0 Å². The van der Waals surface area contributed by atoms with Crippen LogP contribution in [0.1, 0.15) is 5.56 Å². The number of amides is 2. The fourth-order valence-electron chi connectivity index (χ4n) is 2.03. The summed E-state index contributed by atoms with van der Waals surface area (Å²) < 4.78 is 28.3. The standard InChI is InChI=1S/C15H12BrF2N7O/c16-11-4-10(17)5-12(18)14(11)23-24-15(26)21-6-9-1-2-20-13(3-9)25-8-19-7-22-25/h1-5,7-8,23H,6H2,(H2,21,24,26). The maximum Gasteiger partial charge on any atom is 0.333 e. The first-order valence-corrected chi connectivity index (χ1v) is 8.06. The van der Waals surface area contributed by atoms with Crippen molar-refractivity contribution in [2.75, 3.05) is 5.43 Å². The number of urea groups is 1. The number of hydrogen-bond acceptors (Lipinski definition) is 5. The number of halogens is 3. The maximum atomic E-state index is 13.7. The number of nitrogens with zero attached hydrogens (tertiary/aromatic N) is 4. The first-order valence-electron chi connectivity index (χ1n) is 7.27. The van der Waals surface area contributed by atoms with Crippen LogP contribution in [-0.2, 0) is 6.54 Å². The van der Waals surface area contributed by atoms with Gasteiger partial charge in [-0.05, 0) is 39.7 Å². The molecule has 0 saturated heterocycles. The van der Waals surface area contributed by atoms with E-state index in [1.165, 1.54) is 17.3 Å². The number of aromatic nitrogens is 4. The first-order chi connectivity index (χ1) is 12.5. The Balaban J connectivity index is 1.56. The molecule has 2 amide bonds. The number of carbonyl (C=O) groups excluding carboxylic acids is 1. The molecule has 1 aromatic carbocycles. The van der Waals surface area contributed by atoms with E-state index in [0.717, 1.165) is 11.6 Å². The minimum Gasteiger partial charge on any atom is -0.333 e. The van der Waals surface area contributed by atoms with E-state index >= 15 is 0 Å². The van der Waals surface area contributed by atoms with Gasteiger partial charge in [-0.1, -0.05) is 0 Å². The Morgan fingerprint density at radius 3 is 2.85 bits per heavy atom. The van der Waals surface area contributed by atoms with E-state index in [4.69, 9.17) is 0 Å². The minimum atomic E-state index is -0.844. The van der Waals surface area contributed by atoms with Gasteiger partial charge in [0, 0.05) is 23.3 Å². The Bertz CT molecular complexity index is 897. The number of hydrogen-bond donors (Lipinski definition) is 3. The molecule has 0 aliphatic carbocycles. The van der Waals surface area contributed by atoms with Crippen molar-refractivity contribution >= 4 is 27.6 Å². The van der Waals surface area contributed by atoms with E-state index in [2.05, 4.69) is 47.2 Å². The third kappa shape index (κ3) is 4.30. The highest BCUT2D eigenvalue weighted by atomic mass is 79.9. The van der Waals surface area contributed by atoms with Crippen molar-refractivity contribution in [3.8, 4) is 5.82 Å². The number of hydrazine groups is 1. The highest BCUT2D eigenvalue weighted by Crippen LogP contribution is 2.26. The van der Waals surface area contributed by atoms with E-state index < -0.39 is 17.7 Å². The molecule has 8 nitrogen and oxygen atoms in total. The topological polar surface area (TPSA) is 96.8 Å². The normalized spacial score (nSPS) is 10.4. The SMILES string of the molecule is O=C(NCc1ccnc(-n2cncn2)c1)NNc1c(F)cc(F)cc1Br. The van der Waals surface area contributed by atoms with Crippen LogP contribution in [0, 0.1) is 11.6 Å². The van der Waals surface area contributed by atoms with Gasteiger partial charge in [0.25, 0.3) is 0 Å². The zero-order valence-electron chi connectivity index (χ0n) is 13.1. The molecule has 11 heteroatoms. The summed E-state index contributed by atoms with van der Waals surface area (Å²) in [5, 5.41) is 6.57. The average Bonchev–Trinajstić information content (AvgIpc) is 3.14. The molecular weight excluding hydrogens is 412 g/mol. The summed E-state index contributed by atoms with van der Waals surface area (Å²) in [4.78, 5) is 19.8. The molecule has 134 valence electrons. The van der Waals surface area contributed by atoms with E-state index in [0.29, 0.717) is 11.9 Å². The monoisotopic (exact) mass is 423 g/mol. The fraction of sp³-hybridized carbons (Fsp3) is 0.0667. The second kappa shape index (κ2) is 7.87. The Morgan fingerprint density at radius 1 is 1.27 bits per heavy atom. The van der Waals surface area contributed by atoms with Gasteiger partial charge >= 0.3 is 6.03 Å². The second-order valence-corrected chi connectivity index (χ2v) is 5.89. The van der Waals surface area contributed by atoms with Crippen LogP contribution in [0.15, 0.2) is 47.6 Å². The lowest BCUT2D eigenvalue weighted by atomic mass is 10.2. The van der Waals surface area contributed by atoms with Crippen LogP contribution in [0.4, 0.5) is 19.3 Å². The highest BCUT2D eigenvalue weighted by molar-refractivity contribution is 9.10. The zero-order chi connectivity index (χ0) is 18.5. The molecule has 0 atom stereocenters. The Labute approximate surface area is 154 Å². The molecule has 2 aromatic heterocycles. The average molecular weight is 424 g/mol. The van der Waals surface area contributed by atoms with E-state index in [1.54, 1.807) is 18.3 Å². The molecule has 0 fully saturated rings. The van der Waals surface area contributed by atoms with Crippen molar-refractivity contribution in [2.24, 2.45) is 0 Å². The summed E-state index contributed by atoms with van der Waals surface area (Å²) in [5.74, 6) is -1.02. The number of rotatable bonds is 5. The quantitative estimate of drug-likeness (QED) is 0.547. The lowest BCUT2D eigenvalue weighted by Crippen LogP contribution is -2.39. The van der Waals surface area contributed by atoms with Gasteiger partial charge in [0.05, 0.1) is 0 Å². The third-order valence-corrected chi connectivity index (χ3v) is 3.85. The van der Waals surface area contributed by atoms with Gasteiger partial charge in [-0.2, -0.15) is 5.10 Å². The molecule has 0 unspecified atom stereocenters. The molecule has 0 spiro atoms. The van der Waals surface area contributed by atoms with Crippen LogP contribution in [-0.4, -0.2) is 25.8 Å². The molecule has 0 aliphatic heterocycles. The van der Waals surface area contributed by atoms with Crippen LogP contribution >= 0.6 is 15.9 Å². The minimum absolute atomic E-state index is 0.0843. The van der Waals surface area contributed by atoms with Gasteiger partial charge < -0.3 is 5.32 Å². The molecular formula is C15H12BrF2N7O. The summed E-state index contributed by atoms with van der Waals surface area (Å²) in [6.45, 7) is 0.199. The van der Waals surface area contributed by atoms with Crippen LogP contribution in [0.2, 0.25) is 0 Å². The van der Waals surface area contributed by atoms with Crippen molar-refractivity contribution in [3.63, 3.8) is 0 Å². The fourth-order valence-corrected chi connectivity index (χ4v) is 2.54. The molecule has 26 heavy (non-hydrogen) atoms. The lowest BCUT2D eigenvalue weighted by molar-refractivity contribution is 0.242. The van der Waals surface area contributed by atoms with E-state index in [9.17, 15) is 13.6 Å². The smallest absolute Gasteiger partial charge is 0.333 e. The van der Waals surface area contributed by atoms with Gasteiger partial charge in [-0.3, -0.25) is 10.9 Å². The number of pyridine rings is 1. The lowest BCUT2D eigenvalue weighted by Gasteiger charge is -2.12. The molecule has 0 aliphatic rings. The Morgan fingerprint density at radius 2 is 2.12 bits per heavy atom. The zero-order valence-corrected chi connectivity index (χ0v) is 14.7. The third-order valence-electron chi connectivity index (χ3n) is 3.22. The molecule has 0 saturated carbocycles. The van der Waals surface area contributed by atoms with E-state index in [1.807, 2.05) is 0 Å². The Kier molecular flexibility index (Phi) is 5.37. The van der Waals surface area contributed by atoms with Crippen molar-refractivity contribution in [2.45, 2.75) is 6.54 Å². The van der Waals surface area contributed by atoms with E-state index in [-0.39, 0.29) is 16.7 Å². The van der Waals surface area contributed by atoms with Gasteiger partial charge in [-0.25, -0.2) is 28.2 Å². The number of carbonyl (C=O) groups is 1. The predicted octanol–water partition coefficient (Wildman–Crippen LogP) is 2.53. The van der Waals surface area contributed by atoms with Crippen LogP contribution < -0.4 is 16.2 Å². The summed E-state index contributed by atoms with van der Waals surface area (Å²) in [6, 6.07) is 4.64. The van der Waals surface area contributed by atoms with Crippen LogP contribution in [0.25, 0.3) is 5.82 Å². The van der Waals surface area contributed by atoms with Gasteiger partial charge in [0.1, 0.15) is 24.2 Å². The maximum absolute atomic E-state index is 13.7. The van der Waals surface area contributed by atoms with Crippen molar-refractivity contribution in [3.05, 3.63) is 64.8 Å². The molecule has 0 bridgehead atoms.